The fourth-order valence-corrected chi connectivity index (χ4v) is 3.99. The number of nitrogens with zero attached hydrogens (tertiary/aromatic N) is 4. The predicted octanol–water partition coefficient (Wildman–Crippen LogP) is 1.55. The first-order valence-corrected chi connectivity index (χ1v) is 9.12. The Morgan fingerprint density at radius 2 is 2.00 bits per heavy atom. The Balaban J connectivity index is 1.77. The Labute approximate surface area is 129 Å². The molecular weight excluding hydrogens is 307 g/mol. The summed E-state index contributed by atoms with van der Waals surface area (Å²) in [4.78, 5) is 7.79. The van der Waals surface area contributed by atoms with Crippen molar-refractivity contribution in [3.05, 3.63) is 24.0 Å². The summed E-state index contributed by atoms with van der Waals surface area (Å²) in [5.41, 5.74) is 1.43. The molecule has 0 spiro atoms. The lowest BCUT2D eigenvalue weighted by Gasteiger charge is -2.30. The van der Waals surface area contributed by atoms with E-state index in [1.165, 1.54) is 16.9 Å². The number of piperidine rings is 1. The summed E-state index contributed by atoms with van der Waals surface area (Å²) in [5, 5.41) is 0.469. The van der Waals surface area contributed by atoms with Crippen LogP contribution in [0.3, 0.4) is 0 Å². The highest BCUT2D eigenvalue weighted by Crippen LogP contribution is 2.25. The first-order chi connectivity index (χ1) is 10.4. The lowest BCUT2D eigenvalue weighted by atomic mass is 9.98. The second-order valence-electron chi connectivity index (χ2n) is 5.93. The molecule has 1 fully saturated rings. The molecule has 8 heteroatoms. The highest BCUT2D eigenvalue weighted by molar-refractivity contribution is 7.88. The highest BCUT2D eigenvalue weighted by Gasteiger charge is 2.25. The number of hydrogen-bond donors (Lipinski definition) is 0. The van der Waals surface area contributed by atoms with Crippen molar-refractivity contribution in [2.45, 2.75) is 26.3 Å². The molecule has 0 aliphatic carbocycles. The molecule has 120 valence electrons. The Kier molecular flexibility index (Phi) is 3.90. The Morgan fingerprint density at radius 3 is 2.64 bits per heavy atom. The van der Waals surface area contributed by atoms with Gasteiger partial charge in [-0.15, -0.1) is 0 Å². The first-order valence-electron chi connectivity index (χ1n) is 7.27. The van der Waals surface area contributed by atoms with Gasteiger partial charge in [-0.25, -0.2) is 22.7 Å². The van der Waals surface area contributed by atoms with Crippen molar-refractivity contribution in [2.24, 2.45) is 5.92 Å². The number of aromatic nitrogens is 3. The van der Waals surface area contributed by atoms with E-state index in [4.69, 9.17) is 0 Å². The zero-order valence-corrected chi connectivity index (χ0v) is 13.5. The third-order valence-electron chi connectivity index (χ3n) is 4.29. The SMILES string of the molecule is Cc1cn(CC2CCN(S(C)(=O)=O)CC2)c2ncnc(F)c12. The van der Waals surface area contributed by atoms with Crippen LogP contribution in [0, 0.1) is 18.8 Å². The van der Waals surface area contributed by atoms with Crippen LogP contribution in [0.25, 0.3) is 11.0 Å². The van der Waals surface area contributed by atoms with Crippen molar-refractivity contribution in [1.82, 2.24) is 18.8 Å². The van der Waals surface area contributed by atoms with Crippen LogP contribution in [0.1, 0.15) is 18.4 Å². The summed E-state index contributed by atoms with van der Waals surface area (Å²) in [6, 6.07) is 0. The van der Waals surface area contributed by atoms with Crippen LogP contribution >= 0.6 is 0 Å². The number of sulfonamides is 1. The van der Waals surface area contributed by atoms with Gasteiger partial charge in [0.25, 0.3) is 0 Å². The molecule has 1 saturated heterocycles. The lowest BCUT2D eigenvalue weighted by molar-refractivity contribution is 0.255. The maximum atomic E-state index is 13.8. The molecule has 2 aromatic rings. The van der Waals surface area contributed by atoms with Gasteiger partial charge in [-0.1, -0.05) is 0 Å². The van der Waals surface area contributed by atoms with Gasteiger partial charge in [0.2, 0.25) is 16.0 Å². The summed E-state index contributed by atoms with van der Waals surface area (Å²) in [6.45, 7) is 3.66. The first kappa shape index (κ1) is 15.4. The summed E-state index contributed by atoms with van der Waals surface area (Å²) >= 11 is 0. The normalized spacial score (nSPS) is 18.1. The average molecular weight is 326 g/mol. The number of halogens is 1. The average Bonchev–Trinajstić information content (AvgIpc) is 2.76. The number of hydrogen-bond acceptors (Lipinski definition) is 4. The van der Waals surface area contributed by atoms with Gasteiger partial charge in [-0.3, -0.25) is 0 Å². The van der Waals surface area contributed by atoms with Crippen LogP contribution in [0.5, 0.6) is 0 Å². The van der Waals surface area contributed by atoms with E-state index in [-0.39, 0.29) is 0 Å². The van der Waals surface area contributed by atoms with E-state index in [1.807, 2.05) is 17.7 Å². The van der Waals surface area contributed by atoms with Gasteiger partial charge in [0.15, 0.2) is 0 Å². The van der Waals surface area contributed by atoms with E-state index >= 15 is 0 Å². The monoisotopic (exact) mass is 326 g/mol. The van der Waals surface area contributed by atoms with Crippen molar-refractivity contribution < 1.29 is 12.8 Å². The molecule has 22 heavy (non-hydrogen) atoms. The van der Waals surface area contributed by atoms with Crippen molar-refractivity contribution in [3.63, 3.8) is 0 Å². The summed E-state index contributed by atoms with van der Waals surface area (Å²) < 4.78 is 40.3. The lowest BCUT2D eigenvalue weighted by Crippen LogP contribution is -2.38. The third kappa shape index (κ3) is 2.85. The molecule has 0 saturated carbocycles. The summed E-state index contributed by atoms with van der Waals surface area (Å²) in [5.74, 6) is -0.126. The van der Waals surface area contributed by atoms with Crippen molar-refractivity contribution >= 4 is 21.1 Å². The molecule has 0 unspecified atom stereocenters. The van der Waals surface area contributed by atoms with Crippen LogP contribution in [0.2, 0.25) is 0 Å². The standard InChI is InChI=1S/C14H19FN4O2S/c1-10-7-18(14-12(10)13(15)16-9-17-14)8-11-3-5-19(6-4-11)22(2,20)21/h7,9,11H,3-6,8H2,1-2H3. The van der Waals surface area contributed by atoms with Crippen molar-refractivity contribution in [1.29, 1.82) is 0 Å². The molecule has 3 heterocycles. The predicted molar refractivity (Wildman–Crippen MR) is 81.4 cm³/mol. The van der Waals surface area contributed by atoms with Crippen LogP contribution in [0.15, 0.2) is 12.5 Å². The van der Waals surface area contributed by atoms with E-state index < -0.39 is 16.0 Å². The van der Waals surface area contributed by atoms with E-state index in [0.29, 0.717) is 30.0 Å². The van der Waals surface area contributed by atoms with Crippen molar-refractivity contribution in [2.75, 3.05) is 19.3 Å². The van der Waals surface area contributed by atoms with Crippen molar-refractivity contribution in [3.8, 4) is 0 Å². The molecule has 2 aromatic heterocycles. The topological polar surface area (TPSA) is 68.1 Å². The Hall–Kier alpha value is -1.54. The molecule has 0 aromatic carbocycles. The van der Waals surface area contributed by atoms with E-state index in [9.17, 15) is 12.8 Å². The van der Waals surface area contributed by atoms with Gasteiger partial charge in [-0.05, 0) is 31.2 Å². The fraction of sp³-hybridized carbons (Fsp3) is 0.571. The van der Waals surface area contributed by atoms with Gasteiger partial charge in [-0.2, -0.15) is 4.39 Å². The summed E-state index contributed by atoms with van der Waals surface area (Å²) in [6.07, 6.45) is 5.99. The maximum absolute atomic E-state index is 13.8. The molecule has 3 rings (SSSR count). The largest absolute Gasteiger partial charge is 0.332 e. The molecule has 6 nitrogen and oxygen atoms in total. The molecule has 0 bridgehead atoms. The third-order valence-corrected chi connectivity index (χ3v) is 5.60. The van der Waals surface area contributed by atoms with E-state index in [0.717, 1.165) is 24.9 Å². The quantitative estimate of drug-likeness (QED) is 0.803. The van der Waals surface area contributed by atoms with Gasteiger partial charge >= 0.3 is 0 Å². The Morgan fingerprint density at radius 1 is 1.32 bits per heavy atom. The molecule has 0 atom stereocenters. The molecular formula is C14H19FN4O2S. The van der Waals surface area contributed by atoms with Crippen LogP contribution in [-0.4, -0.2) is 46.6 Å². The van der Waals surface area contributed by atoms with Crippen LogP contribution in [0.4, 0.5) is 4.39 Å². The maximum Gasteiger partial charge on any atom is 0.225 e. The van der Waals surface area contributed by atoms with Gasteiger partial charge in [0.05, 0.1) is 11.6 Å². The molecule has 0 radical (unpaired) electrons. The van der Waals surface area contributed by atoms with Gasteiger partial charge < -0.3 is 4.57 Å². The number of fused-ring (bicyclic) bond motifs is 1. The van der Waals surface area contributed by atoms with Gasteiger partial charge in [0.1, 0.15) is 12.0 Å². The number of aryl methyl sites for hydroxylation is 1. The smallest absolute Gasteiger partial charge is 0.225 e. The Bertz CT molecular complexity index is 795. The van der Waals surface area contributed by atoms with Gasteiger partial charge in [0, 0.05) is 25.8 Å². The minimum atomic E-state index is -3.10. The van der Waals surface area contributed by atoms with Crippen LogP contribution in [-0.2, 0) is 16.6 Å². The highest BCUT2D eigenvalue weighted by atomic mass is 32.2. The molecule has 1 aliphatic rings. The molecule has 0 N–H and O–H groups in total. The zero-order chi connectivity index (χ0) is 15.9. The van der Waals surface area contributed by atoms with E-state index in [1.54, 1.807) is 0 Å². The minimum absolute atomic E-state index is 0.367. The van der Waals surface area contributed by atoms with Crippen LogP contribution < -0.4 is 0 Å². The molecule has 0 amide bonds. The fourth-order valence-electron chi connectivity index (χ4n) is 3.11. The second-order valence-corrected chi connectivity index (χ2v) is 7.92. The molecule has 1 aliphatic heterocycles. The minimum Gasteiger partial charge on any atom is -0.332 e. The second kappa shape index (κ2) is 5.58. The number of rotatable bonds is 3. The zero-order valence-electron chi connectivity index (χ0n) is 12.7. The summed E-state index contributed by atoms with van der Waals surface area (Å²) in [7, 11) is -3.10. The van der Waals surface area contributed by atoms with E-state index in [2.05, 4.69) is 9.97 Å².